The Kier molecular flexibility index (Phi) is 3.05. The summed E-state index contributed by atoms with van der Waals surface area (Å²) in [6.45, 7) is -0.543. The Morgan fingerprint density at radius 3 is 2.94 bits per heavy atom. The van der Waals surface area contributed by atoms with Gasteiger partial charge in [0, 0.05) is 0 Å². The molecule has 2 heterocycles. The third-order valence-corrected chi connectivity index (χ3v) is 2.54. The molecule has 9 heteroatoms. The standard InChI is InChI=1S/C8H11FN4O4/c9-5-6(15)4(2-14)17-8(5)13-3(7(10)16)1-11-12-13/h1,4-6,8,14-15H,2H2,(H2,10,16). The minimum atomic E-state index is -1.83. The molecule has 1 saturated heterocycles. The van der Waals surface area contributed by atoms with E-state index in [1.807, 2.05) is 0 Å². The van der Waals surface area contributed by atoms with E-state index in [9.17, 15) is 14.3 Å². The summed E-state index contributed by atoms with van der Waals surface area (Å²) >= 11 is 0. The zero-order valence-electron chi connectivity index (χ0n) is 8.60. The lowest BCUT2D eigenvalue weighted by atomic mass is 10.1. The van der Waals surface area contributed by atoms with E-state index in [-0.39, 0.29) is 5.69 Å². The Morgan fingerprint density at radius 2 is 2.41 bits per heavy atom. The molecule has 1 aromatic rings. The van der Waals surface area contributed by atoms with Gasteiger partial charge in [-0.05, 0) is 0 Å². The number of amides is 1. The van der Waals surface area contributed by atoms with Crippen molar-refractivity contribution in [3.63, 3.8) is 0 Å². The molecule has 0 bridgehead atoms. The van der Waals surface area contributed by atoms with E-state index < -0.39 is 37.1 Å². The van der Waals surface area contributed by atoms with Crippen molar-refractivity contribution in [3.05, 3.63) is 11.9 Å². The first-order chi connectivity index (χ1) is 8.06. The number of carbonyl (C=O) groups excluding carboxylic acids is 1. The fourth-order valence-electron chi connectivity index (χ4n) is 1.66. The number of halogens is 1. The predicted molar refractivity (Wildman–Crippen MR) is 50.4 cm³/mol. The van der Waals surface area contributed by atoms with Crippen molar-refractivity contribution >= 4 is 5.91 Å². The number of hydrogen-bond acceptors (Lipinski definition) is 6. The maximum Gasteiger partial charge on any atom is 0.268 e. The fourth-order valence-corrected chi connectivity index (χ4v) is 1.66. The van der Waals surface area contributed by atoms with Gasteiger partial charge in [0.05, 0.1) is 12.8 Å². The second-order valence-corrected chi connectivity index (χ2v) is 3.61. The molecule has 0 saturated carbocycles. The molecule has 0 radical (unpaired) electrons. The van der Waals surface area contributed by atoms with Crippen molar-refractivity contribution in [2.24, 2.45) is 5.73 Å². The number of aliphatic hydroxyl groups is 2. The monoisotopic (exact) mass is 246 g/mol. The molecule has 94 valence electrons. The third kappa shape index (κ3) is 1.88. The predicted octanol–water partition coefficient (Wildman–Crippen LogP) is -2.03. The Hall–Kier alpha value is -1.58. The van der Waals surface area contributed by atoms with Gasteiger partial charge in [-0.1, -0.05) is 5.21 Å². The normalized spacial score (nSPS) is 32.9. The third-order valence-electron chi connectivity index (χ3n) is 2.54. The van der Waals surface area contributed by atoms with Crippen LogP contribution in [0.2, 0.25) is 0 Å². The van der Waals surface area contributed by atoms with Crippen LogP contribution in [0, 0.1) is 0 Å². The number of aliphatic hydroxyl groups excluding tert-OH is 2. The van der Waals surface area contributed by atoms with Crippen LogP contribution in [0.4, 0.5) is 4.39 Å². The van der Waals surface area contributed by atoms with Gasteiger partial charge in [0.25, 0.3) is 5.91 Å². The molecule has 1 amide bonds. The van der Waals surface area contributed by atoms with E-state index in [1.54, 1.807) is 0 Å². The zero-order valence-corrected chi connectivity index (χ0v) is 8.60. The number of hydrogen-bond donors (Lipinski definition) is 3. The first-order valence-corrected chi connectivity index (χ1v) is 4.84. The number of nitrogens with zero attached hydrogens (tertiary/aromatic N) is 3. The summed E-state index contributed by atoms with van der Waals surface area (Å²) in [5, 5.41) is 25.2. The van der Waals surface area contributed by atoms with Gasteiger partial charge in [0.1, 0.15) is 17.9 Å². The Morgan fingerprint density at radius 1 is 1.71 bits per heavy atom. The Balaban J connectivity index is 2.29. The van der Waals surface area contributed by atoms with Crippen LogP contribution in [0.15, 0.2) is 6.20 Å². The average molecular weight is 246 g/mol. The highest BCUT2D eigenvalue weighted by Gasteiger charge is 2.46. The smallest absolute Gasteiger partial charge is 0.268 e. The first kappa shape index (κ1) is 11.9. The van der Waals surface area contributed by atoms with Crippen LogP contribution in [0.25, 0.3) is 0 Å². The van der Waals surface area contributed by atoms with E-state index in [0.717, 1.165) is 10.9 Å². The summed E-state index contributed by atoms with van der Waals surface area (Å²) < 4.78 is 19.6. The molecule has 1 aromatic heterocycles. The highest BCUT2D eigenvalue weighted by atomic mass is 19.1. The molecular formula is C8H11FN4O4. The lowest BCUT2D eigenvalue weighted by Gasteiger charge is -2.14. The van der Waals surface area contributed by atoms with E-state index in [0.29, 0.717) is 0 Å². The van der Waals surface area contributed by atoms with E-state index in [1.165, 1.54) is 0 Å². The molecule has 1 fully saturated rings. The fraction of sp³-hybridized carbons (Fsp3) is 0.625. The van der Waals surface area contributed by atoms with Crippen molar-refractivity contribution in [1.29, 1.82) is 0 Å². The molecule has 8 nitrogen and oxygen atoms in total. The van der Waals surface area contributed by atoms with Crippen molar-refractivity contribution < 1.29 is 24.1 Å². The highest BCUT2D eigenvalue weighted by molar-refractivity contribution is 5.90. The van der Waals surface area contributed by atoms with Crippen LogP contribution >= 0.6 is 0 Å². The Bertz CT molecular complexity index is 425. The van der Waals surface area contributed by atoms with Gasteiger partial charge in [-0.3, -0.25) is 4.79 Å². The number of primary amides is 1. The van der Waals surface area contributed by atoms with Gasteiger partial charge >= 0.3 is 0 Å². The van der Waals surface area contributed by atoms with Crippen molar-refractivity contribution in [1.82, 2.24) is 15.0 Å². The topological polar surface area (TPSA) is 123 Å². The van der Waals surface area contributed by atoms with Gasteiger partial charge in [0.2, 0.25) is 0 Å². The van der Waals surface area contributed by atoms with E-state index in [4.69, 9.17) is 15.6 Å². The summed E-state index contributed by atoms with van der Waals surface area (Å²) in [6.07, 6.45) is -4.65. The SMILES string of the molecule is NC(=O)c1cnnn1C1OC(CO)C(O)C1F. The van der Waals surface area contributed by atoms with Gasteiger partial charge in [-0.2, -0.15) is 0 Å². The minimum Gasteiger partial charge on any atom is -0.394 e. The van der Waals surface area contributed by atoms with Crippen molar-refractivity contribution in [2.45, 2.75) is 24.6 Å². The van der Waals surface area contributed by atoms with Crippen LogP contribution in [0.1, 0.15) is 16.7 Å². The molecule has 0 aliphatic carbocycles. The van der Waals surface area contributed by atoms with Crippen molar-refractivity contribution in [3.8, 4) is 0 Å². The molecule has 17 heavy (non-hydrogen) atoms. The van der Waals surface area contributed by atoms with E-state index in [2.05, 4.69) is 10.3 Å². The number of alkyl halides is 1. The van der Waals surface area contributed by atoms with Crippen molar-refractivity contribution in [2.75, 3.05) is 6.61 Å². The lowest BCUT2D eigenvalue weighted by Crippen LogP contribution is -2.31. The zero-order chi connectivity index (χ0) is 12.6. The van der Waals surface area contributed by atoms with E-state index >= 15 is 0 Å². The molecule has 4 unspecified atom stereocenters. The second-order valence-electron chi connectivity index (χ2n) is 3.61. The molecule has 4 atom stereocenters. The number of rotatable bonds is 3. The van der Waals surface area contributed by atoms with Gasteiger partial charge < -0.3 is 20.7 Å². The number of carbonyl (C=O) groups is 1. The summed E-state index contributed by atoms with van der Waals surface area (Å²) in [5.74, 6) is -0.840. The molecule has 0 spiro atoms. The molecule has 1 aliphatic rings. The number of aromatic nitrogens is 3. The van der Waals surface area contributed by atoms with Crippen LogP contribution < -0.4 is 5.73 Å². The average Bonchev–Trinajstić information content (AvgIpc) is 2.86. The minimum absolute atomic E-state index is 0.136. The summed E-state index contributed by atoms with van der Waals surface area (Å²) in [6, 6.07) is 0. The maximum atomic E-state index is 13.7. The molecule has 2 rings (SSSR count). The Labute approximate surface area is 94.8 Å². The molecule has 0 aromatic carbocycles. The first-order valence-electron chi connectivity index (χ1n) is 4.84. The van der Waals surface area contributed by atoms with Gasteiger partial charge in [0.15, 0.2) is 12.4 Å². The molecular weight excluding hydrogens is 235 g/mol. The molecule has 1 aliphatic heterocycles. The van der Waals surface area contributed by atoms with Gasteiger partial charge in [-0.25, -0.2) is 9.07 Å². The molecule has 4 N–H and O–H groups in total. The second kappa shape index (κ2) is 4.35. The summed E-state index contributed by atoms with van der Waals surface area (Å²) in [7, 11) is 0. The van der Waals surface area contributed by atoms with Gasteiger partial charge in [-0.15, -0.1) is 5.10 Å². The lowest BCUT2D eigenvalue weighted by molar-refractivity contribution is -0.0534. The summed E-state index contributed by atoms with van der Waals surface area (Å²) in [5.41, 5.74) is 4.91. The van der Waals surface area contributed by atoms with Crippen LogP contribution in [0.3, 0.4) is 0 Å². The summed E-state index contributed by atoms with van der Waals surface area (Å²) in [4.78, 5) is 11.0. The highest BCUT2D eigenvalue weighted by Crippen LogP contribution is 2.31. The van der Waals surface area contributed by atoms with Crippen LogP contribution in [-0.2, 0) is 4.74 Å². The maximum absolute atomic E-state index is 13.7. The largest absolute Gasteiger partial charge is 0.394 e. The van der Waals surface area contributed by atoms with Crippen LogP contribution in [-0.4, -0.2) is 56.1 Å². The quantitative estimate of drug-likeness (QED) is 0.565. The number of nitrogens with two attached hydrogens (primary N) is 1. The number of ether oxygens (including phenoxy) is 1. The van der Waals surface area contributed by atoms with Crippen LogP contribution in [0.5, 0.6) is 0 Å².